The molecule has 0 radical (unpaired) electrons. The highest BCUT2D eigenvalue weighted by molar-refractivity contribution is 5.77. The first-order valence-electron chi connectivity index (χ1n) is 8.64. The van der Waals surface area contributed by atoms with Crippen molar-refractivity contribution in [3.05, 3.63) is 18.0 Å². The van der Waals surface area contributed by atoms with Crippen molar-refractivity contribution in [1.29, 1.82) is 0 Å². The molecule has 1 aliphatic carbocycles. The number of aryl methyl sites for hydroxylation is 1. The maximum absolute atomic E-state index is 12.5. The Balaban J connectivity index is 1.47. The van der Waals surface area contributed by atoms with Gasteiger partial charge in [0.2, 0.25) is 5.91 Å². The van der Waals surface area contributed by atoms with Crippen LogP contribution < -0.4 is 0 Å². The lowest BCUT2D eigenvalue weighted by molar-refractivity contribution is -0.133. The molecule has 5 heteroatoms. The molecule has 0 bridgehead atoms. The van der Waals surface area contributed by atoms with Crippen molar-refractivity contribution in [3.8, 4) is 0 Å². The molecule has 0 spiro atoms. The first-order chi connectivity index (χ1) is 10.6. The van der Waals surface area contributed by atoms with Gasteiger partial charge in [-0.1, -0.05) is 19.8 Å². The molecule has 1 atom stereocenters. The minimum absolute atomic E-state index is 0.245. The lowest BCUT2D eigenvalue weighted by Gasteiger charge is -2.38. The second-order valence-electron chi connectivity index (χ2n) is 6.91. The summed E-state index contributed by atoms with van der Waals surface area (Å²) in [5, 5.41) is 4.20. The predicted molar refractivity (Wildman–Crippen MR) is 86.6 cm³/mol. The highest BCUT2D eigenvalue weighted by atomic mass is 16.2. The number of hydrogen-bond donors (Lipinski definition) is 0. The maximum atomic E-state index is 12.5. The first-order valence-corrected chi connectivity index (χ1v) is 8.64. The van der Waals surface area contributed by atoms with E-state index in [2.05, 4.69) is 21.8 Å². The Morgan fingerprint density at radius 3 is 2.55 bits per heavy atom. The third kappa shape index (κ3) is 3.51. The van der Waals surface area contributed by atoms with Gasteiger partial charge >= 0.3 is 0 Å². The van der Waals surface area contributed by atoms with E-state index < -0.39 is 0 Å². The molecule has 1 saturated carbocycles. The molecular formula is C17H28N4O. The Morgan fingerprint density at radius 1 is 1.27 bits per heavy atom. The van der Waals surface area contributed by atoms with Crippen LogP contribution in [0.5, 0.6) is 0 Å². The second-order valence-corrected chi connectivity index (χ2v) is 6.91. The van der Waals surface area contributed by atoms with Crippen LogP contribution >= 0.6 is 0 Å². The summed E-state index contributed by atoms with van der Waals surface area (Å²) in [5.41, 5.74) is 1.15. The van der Waals surface area contributed by atoms with Gasteiger partial charge in [-0.3, -0.25) is 14.4 Å². The summed E-state index contributed by atoms with van der Waals surface area (Å²) in [6, 6.07) is 0.784. The summed E-state index contributed by atoms with van der Waals surface area (Å²) in [4.78, 5) is 17.1. The second kappa shape index (κ2) is 6.82. The van der Waals surface area contributed by atoms with Gasteiger partial charge in [-0.05, 0) is 24.3 Å². The molecule has 2 heterocycles. The van der Waals surface area contributed by atoms with Crippen molar-refractivity contribution in [1.82, 2.24) is 19.6 Å². The average Bonchev–Trinajstić information content (AvgIpc) is 3.18. The van der Waals surface area contributed by atoms with Gasteiger partial charge in [0, 0.05) is 51.9 Å². The van der Waals surface area contributed by atoms with Crippen molar-refractivity contribution in [2.45, 2.75) is 51.0 Å². The topological polar surface area (TPSA) is 41.4 Å². The van der Waals surface area contributed by atoms with Crippen LogP contribution in [0, 0.1) is 0 Å². The molecule has 122 valence electrons. The number of aromatic nitrogens is 2. The Kier molecular flexibility index (Phi) is 4.81. The standard InChI is InChI=1S/C17H28N4O/c1-14(15-12-18-19(2)13-15)11-17(22)21-9-7-20(8-10-21)16-5-3-4-6-16/h12-14,16H,3-11H2,1-2H3. The maximum Gasteiger partial charge on any atom is 0.223 e. The number of hydrogen-bond acceptors (Lipinski definition) is 3. The molecule has 1 saturated heterocycles. The van der Waals surface area contributed by atoms with E-state index in [0.29, 0.717) is 12.3 Å². The van der Waals surface area contributed by atoms with Crippen LogP contribution in [0.25, 0.3) is 0 Å². The summed E-state index contributed by atoms with van der Waals surface area (Å²) in [6.45, 7) is 6.02. The van der Waals surface area contributed by atoms with Gasteiger partial charge in [0.25, 0.3) is 0 Å². The van der Waals surface area contributed by atoms with Crippen molar-refractivity contribution in [2.75, 3.05) is 26.2 Å². The number of carbonyl (C=O) groups is 1. The fourth-order valence-corrected chi connectivity index (χ4v) is 3.81. The Bertz CT molecular complexity index is 499. The Morgan fingerprint density at radius 2 is 1.95 bits per heavy atom. The Labute approximate surface area is 133 Å². The number of piperazine rings is 1. The molecule has 22 heavy (non-hydrogen) atoms. The van der Waals surface area contributed by atoms with Crippen molar-refractivity contribution in [2.24, 2.45) is 7.05 Å². The molecular weight excluding hydrogens is 276 g/mol. The summed E-state index contributed by atoms with van der Waals surface area (Å²) in [6.07, 6.45) is 9.94. The van der Waals surface area contributed by atoms with Gasteiger partial charge in [-0.15, -0.1) is 0 Å². The van der Waals surface area contributed by atoms with E-state index >= 15 is 0 Å². The number of carbonyl (C=O) groups excluding carboxylic acids is 1. The number of nitrogens with zero attached hydrogens (tertiary/aromatic N) is 4. The third-order valence-electron chi connectivity index (χ3n) is 5.28. The predicted octanol–water partition coefficient (Wildman–Crippen LogP) is 2.00. The largest absolute Gasteiger partial charge is 0.340 e. The van der Waals surface area contributed by atoms with Gasteiger partial charge in [-0.25, -0.2) is 0 Å². The quantitative estimate of drug-likeness (QED) is 0.854. The van der Waals surface area contributed by atoms with E-state index in [9.17, 15) is 4.79 Å². The SMILES string of the molecule is CC(CC(=O)N1CCN(C2CCCC2)CC1)c1cnn(C)c1. The number of rotatable bonds is 4. The third-order valence-corrected chi connectivity index (χ3v) is 5.28. The molecule has 1 aliphatic heterocycles. The van der Waals surface area contributed by atoms with E-state index in [-0.39, 0.29) is 5.92 Å². The molecule has 2 aliphatic rings. The van der Waals surface area contributed by atoms with E-state index in [1.165, 1.54) is 25.7 Å². The zero-order valence-corrected chi connectivity index (χ0v) is 13.9. The Hall–Kier alpha value is -1.36. The zero-order chi connectivity index (χ0) is 15.5. The van der Waals surface area contributed by atoms with Gasteiger partial charge in [0.15, 0.2) is 0 Å². The van der Waals surface area contributed by atoms with Gasteiger partial charge < -0.3 is 4.90 Å². The van der Waals surface area contributed by atoms with Crippen molar-refractivity contribution >= 4 is 5.91 Å². The zero-order valence-electron chi connectivity index (χ0n) is 13.9. The van der Waals surface area contributed by atoms with E-state index in [0.717, 1.165) is 37.8 Å². The van der Waals surface area contributed by atoms with Crippen LogP contribution in [-0.2, 0) is 11.8 Å². The summed E-state index contributed by atoms with van der Waals surface area (Å²) in [5.74, 6) is 0.538. The van der Waals surface area contributed by atoms with E-state index in [1.807, 2.05) is 19.4 Å². The summed E-state index contributed by atoms with van der Waals surface area (Å²) in [7, 11) is 1.92. The molecule has 2 fully saturated rings. The van der Waals surface area contributed by atoms with Gasteiger partial charge in [0.1, 0.15) is 0 Å². The average molecular weight is 304 g/mol. The molecule has 1 aromatic rings. The van der Waals surface area contributed by atoms with Crippen molar-refractivity contribution in [3.63, 3.8) is 0 Å². The van der Waals surface area contributed by atoms with Crippen LogP contribution in [0.15, 0.2) is 12.4 Å². The summed E-state index contributed by atoms with van der Waals surface area (Å²) < 4.78 is 1.80. The number of amides is 1. The molecule has 0 N–H and O–H groups in total. The lowest BCUT2D eigenvalue weighted by Crippen LogP contribution is -2.51. The smallest absolute Gasteiger partial charge is 0.223 e. The van der Waals surface area contributed by atoms with Crippen LogP contribution in [0.2, 0.25) is 0 Å². The van der Waals surface area contributed by atoms with E-state index in [4.69, 9.17) is 0 Å². The molecule has 1 amide bonds. The van der Waals surface area contributed by atoms with Crippen LogP contribution in [0.1, 0.15) is 50.5 Å². The van der Waals surface area contributed by atoms with Crippen LogP contribution in [0.3, 0.4) is 0 Å². The highest BCUT2D eigenvalue weighted by Crippen LogP contribution is 2.25. The first kappa shape index (κ1) is 15.5. The van der Waals surface area contributed by atoms with E-state index in [1.54, 1.807) is 4.68 Å². The summed E-state index contributed by atoms with van der Waals surface area (Å²) >= 11 is 0. The minimum Gasteiger partial charge on any atom is -0.340 e. The fraction of sp³-hybridized carbons (Fsp3) is 0.765. The minimum atomic E-state index is 0.245. The van der Waals surface area contributed by atoms with Gasteiger partial charge in [-0.2, -0.15) is 5.10 Å². The molecule has 5 nitrogen and oxygen atoms in total. The van der Waals surface area contributed by atoms with Crippen LogP contribution in [0.4, 0.5) is 0 Å². The monoisotopic (exact) mass is 304 g/mol. The molecule has 0 aromatic carbocycles. The van der Waals surface area contributed by atoms with Crippen molar-refractivity contribution < 1.29 is 4.79 Å². The highest BCUT2D eigenvalue weighted by Gasteiger charge is 2.28. The normalized spacial score (nSPS) is 22.2. The molecule has 1 aromatic heterocycles. The lowest BCUT2D eigenvalue weighted by atomic mass is 10.0. The van der Waals surface area contributed by atoms with Crippen LogP contribution in [-0.4, -0.2) is 57.7 Å². The molecule has 3 rings (SSSR count). The molecule has 1 unspecified atom stereocenters. The fourth-order valence-electron chi connectivity index (χ4n) is 3.81. The van der Waals surface area contributed by atoms with Gasteiger partial charge in [0.05, 0.1) is 6.20 Å².